The van der Waals surface area contributed by atoms with Crippen molar-refractivity contribution in [3.8, 4) is 11.4 Å². The first-order valence-electron chi connectivity index (χ1n) is 9.73. The first-order valence-corrected chi connectivity index (χ1v) is 9.73. The summed E-state index contributed by atoms with van der Waals surface area (Å²) in [4.78, 5) is 32.3. The molecule has 1 aliphatic rings. The molecule has 0 unspecified atom stereocenters. The molecule has 0 bridgehead atoms. The van der Waals surface area contributed by atoms with Crippen molar-refractivity contribution in [3.05, 3.63) is 72.6 Å². The van der Waals surface area contributed by atoms with E-state index in [0.29, 0.717) is 17.9 Å². The molecule has 0 radical (unpaired) electrons. The Morgan fingerprint density at radius 3 is 2.36 bits per heavy atom. The summed E-state index contributed by atoms with van der Waals surface area (Å²) in [6.07, 6.45) is 15.9. The molecule has 0 saturated heterocycles. The van der Waals surface area contributed by atoms with Crippen LogP contribution in [0.2, 0.25) is 0 Å². The number of pyridine rings is 2. The number of hydrogen-bond donors (Lipinski definition) is 0. The summed E-state index contributed by atoms with van der Waals surface area (Å²) in [5.41, 5.74) is 2.44. The van der Waals surface area contributed by atoms with E-state index >= 15 is 0 Å². The SMILES string of the molecule is O=C(c1cnc(-c2ccncc2)nc1)N(Cc1cccnc1)C1CCCCC1. The van der Waals surface area contributed by atoms with Crippen molar-refractivity contribution in [2.75, 3.05) is 0 Å². The van der Waals surface area contributed by atoms with E-state index in [1.54, 1.807) is 31.0 Å². The minimum atomic E-state index is -0.0166. The van der Waals surface area contributed by atoms with Crippen molar-refractivity contribution in [2.45, 2.75) is 44.7 Å². The van der Waals surface area contributed by atoms with Crippen LogP contribution >= 0.6 is 0 Å². The lowest BCUT2D eigenvalue weighted by Crippen LogP contribution is -2.41. The molecule has 4 rings (SSSR count). The van der Waals surface area contributed by atoms with Gasteiger partial charge < -0.3 is 4.90 Å². The zero-order valence-corrected chi connectivity index (χ0v) is 15.7. The summed E-state index contributed by atoms with van der Waals surface area (Å²) in [5, 5.41) is 0. The molecule has 1 amide bonds. The molecule has 3 aromatic heterocycles. The Labute approximate surface area is 164 Å². The smallest absolute Gasteiger partial charge is 0.257 e. The summed E-state index contributed by atoms with van der Waals surface area (Å²) >= 11 is 0. The number of hydrogen-bond acceptors (Lipinski definition) is 5. The van der Waals surface area contributed by atoms with Gasteiger partial charge in [-0.05, 0) is 36.6 Å². The molecule has 6 heteroatoms. The molecule has 0 aromatic carbocycles. The molecule has 0 atom stereocenters. The third-order valence-corrected chi connectivity index (χ3v) is 5.19. The highest BCUT2D eigenvalue weighted by atomic mass is 16.2. The summed E-state index contributed by atoms with van der Waals surface area (Å²) in [6, 6.07) is 7.88. The Hall–Kier alpha value is -3.15. The van der Waals surface area contributed by atoms with E-state index in [4.69, 9.17) is 0 Å². The van der Waals surface area contributed by atoms with Crippen molar-refractivity contribution in [1.82, 2.24) is 24.8 Å². The molecule has 3 heterocycles. The average Bonchev–Trinajstić information content (AvgIpc) is 2.79. The van der Waals surface area contributed by atoms with Crippen molar-refractivity contribution in [1.29, 1.82) is 0 Å². The second kappa shape index (κ2) is 8.69. The van der Waals surface area contributed by atoms with Crippen molar-refractivity contribution in [3.63, 3.8) is 0 Å². The number of nitrogens with zero attached hydrogens (tertiary/aromatic N) is 5. The molecule has 0 aliphatic heterocycles. The molecular formula is C22H23N5O. The van der Waals surface area contributed by atoms with Gasteiger partial charge in [0.25, 0.3) is 5.91 Å². The molecular weight excluding hydrogens is 350 g/mol. The standard InChI is InChI=1S/C22H23N5O/c28-22(19-14-25-21(26-15-19)18-8-11-23-12-9-18)27(20-6-2-1-3-7-20)16-17-5-4-10-24-13-17/h4-5,8-15,20H,1-3,6-7,16H2. The predicted octanol–water partition coefficient (Wildman–Crippen LogP) is 3.91. The maximum Gasteiger partial charge on any atom is 0.257 e. The Morgan fingerprint density at radius 1 is 0.929 bits per heavy atom. The Morgan fingerprint density at radius 2 is 1.68 bits per heavy atom. The van der Waals surface area contributed by atoms with E-state index in [0.717, 1.165) is 24.0 Å². The fraction of sp³-hybridized carbons (Fsp3) is 0.318. The number of aromatic nitrogens is 4. The number of rotatable bonds is 5. The normalized spacial score (nSPS) is 14.6. The van der Waals surface area contributed by atoms with Crippen LogP contribution in [0.1, 0.15) is 48.0 Å². The van der Waals surface area contributed by atoms with Crippen LogP contribution < -0.4 is 0 Å². The highest BCUT2D eigenvalue weighted by Crippen LogP contribution is 2.25. The van der Waals surface area contributed by atoms with Crippen LogP contribution in [0.5, 0.6) is 0 Å². The summed E-state index contributed by atoms with van der Waals surface area (Å²) < 4.78 is 0. The van der Waals surface area contributed by atoms with E-state index in [1.807, 2.05) is 35.4 Å². The Bertz CT molecular complexity index is 893. The van der Waals surface area contributed by atoms with Gasteiger partial charge in [0.2, 0.25) is 0 Å². The first kappa shape index (κ1) is 18.2. The van der Waals surface area contributed by atoms with E-state index in [-0.39, 0.29) is 11.9 Å². The average molecular weight is 373 g/mol. The lowest BCUT2D eigenvalue weighted by atomic mass is 9.93. The van der Waals surface area contributed by atoms with Gasteiger partial charge in [0, 0.05) is 55.3 Å². The number of carbonyl (C=O) groups is 1. The highest BCUT2D eigenvalue weighted by Gasteiger charge is 2.27. The van der Waals surface area contributed by atoms with Gasteiger partial charge in [-0.25, -0.2) is 9.97 Å². The number of carbonyl (C=O) groups excluding carboxylic acids is 1. The fourth-order valence-corrected chi connectivity index (χ4v) is 3.70. The van der Waals surface area contributed by atoms with Gasteiger partial charge in [-0.1, -0.05) is 25.3 Å². The quantitative estimate of drug-likeness (QED) is 0.678. The first-order chi connectivity index (χ1) is 13.8. The van der Waals surface area contributed by atoms with Crippen LogP contribution in [0.15, 0.2) is 61.4 Å². The maximum atomic E-state index is 13.3. The van der Waals surface area contributed by atoms with E-state index in [9.17, 15) is 4.79 Å². The van der Waals surface area contributed by atoms with Crippen LogP contribution in [0.25, 0.3) is 11.4 Å². The van der Waals surface area contributed by atoms with E-state index in [1.165, 1.54) is 19.3 Å². The zero-order valence-electron chi connectivity index (χ0n) is 15.7. The summed E-state index contributed by atoms with van der Waals surface area (Å²) in [5.74, 6) is 0.576. The molecule has 3 aromatic rings. The second-order valence-electron chi connectivity index (χ2n) is 7.12. The molecule has 0 spiro atoms. The minimum Gasteiger partial charge on any atom is -0.331 e. The second-order valence-corrected chi connectivity index (χ2v) is 7.12. The van der Waals surface area contributed by atoms with Crippen LogP contribution in [0, 0.1) is 0 Å². The highest BCUT2D eigenvalue weighted by molar-refractivity contribution is 5.94. The van der Waals surface area contributed by atoms with Gasteiger partial charge in [0.1, 0.15) is 0 Å². The van der Waals surface area contributed by atoms with Gasteiger partial charge in [-0.2, -0.15) is 0 Å². The topological polar surface area (TPSA) is 71.9 Å². The fourth-order valence-electron chi connectivity index (χ4n) is 3.70. The molecule has 1 aliphatic carbocycles. The molecule has 1 fully saturated rings. The monoisotopic (exact) mass is 373 g/mol. The molecule has 142 valence electrons. The van der Waals surface area contributed by atoms with E-state index < -0.39 is 0 Å². The van der Waals surface area contributed by atoms with Crippen LogP contribution in [0.4, 0.5) is 0 Å². The zero-order chi connectivity index (χ0) is 19.2. The van der Waals surface area contributed by atoms with Gasteiger partial charge in [-0.15, -0.1) is 0 Å². The van der Waals surface area contributed by atoms with E-state index in [2.05, 4.69) is 19.9 Å². The third kappa shape index (κ3) is 4.22. The van der Waals surface area contributed by atoms with Crippen LogP contribution in [-0.2, 0) is 6.54 Å². The van der Waals surface area contributed by atoms with Crippen molar-refractivity contribution in [2.24, 2.45) is 0 Å². The maximum absolute atomic E-state index is 13.3. The van der Waals surface area contributed by atoms with Gasteiger partial charge in [-0.3, -0.25) is 14.8 Å². The van der Waals surface area contributed by atoms with Gasteiger partial charge in [0.15, 0.2) is 5.82 Å². The molecule has 6 nitrogen and oxygen atoms in total. The Kier molecular flexibility index (Phi) is 5.66. The Balaban J connectivity index is 1.57. The largest absolute Gasteiger partial charge is 0.331 e. The lowest BCUT2D eigenvalue weighted by molar-refractivity contribution is 0.0613. The van der Waals surface area contributed by atoms with Gasteiger partial charge >= 0.3 is 0 Å². The summed E-state index contributed by atoms with van der Waals surface area (Å²) in [6.45, 7) is 0.559. The minimum absolute atomic E-state index is 0.0166. The van der Waals surface area contributed by atoms with Crippen molar-refractivity contribution >= 4 is 5.91 Å². The van der Waals surface area contributed by atoms with Crippen LogP contribution in [0.3, 0.4) is 0 Å². The lowest BCUT2D eigenvalue weighted by Gasteiger charge is -2.34. The molecule has 28 heavy (non-hydrogen) atoms. The van der Waals surface area contributed by atoms with Crippen molar-refractivity contribution < 1.29 is 4.79 Å². The van der Waals surface area contributed by atoms with Gasteiger partial charge in [0.05, 0.1) is 5.56 Å². The summed E-state index contributed by atoms with van der Waals surface area (Å²) in [7, 11) is 0. The number of amides is 1. The predicted molar refractivity (Wildman–Crippen MR) is 106 cm³/mol. The third-order valence-electron chi connectivity index (χ3n) is 5.19. The van der Waals surface area contributed by atoms with Crippen LogP contribution in [-0.4, -0.2) is 36.8 Å². The molecule has 0 N–H and O–H groups in total. The molecule has 1 saturated carbocycles.